The highest BCUT2D eigenvalue weighted by molar-refractivity contribution is 9.10. The number of thiazole rings is 1. The molecule has 1 aromatic carbocycles. The molecule has 2 aromatic heterocycles. The first-order valence-electron chi connectivity index (χ1n) is 7.96. The van der Waals surface area contributed by atoms with Crippen molar-refractivity contribution < 1.29 is 9.13 Å². The maximum Gasteiger partial charge on any atom is 0.187 e. The minimum atomic E-state index is -0.301. The molecule has 3 aromatic rings. The summed E-state index contributed by atoms with van der Waals surface area (Å²) in [6.07, 6.45) is 3.42. The van der Waals surface area contributed by atoms with Crippen molar-refractivity contribution in [3.8, 4) is 5.75 Å². The van der Waals surface area contributed by atoms with E-state index in [1.54, 1.807) is 12.4 Å². The second kappa shape index (κ2) is 7.23. The Morgan fingerprint density at radius 3 is 3.20 bits per heavy atom. The zero-order chi connectivity index (χ0) is 17.2. The van der Waals surface area contributed by atoms with E-state index in [1.807, 2.05) is 18.2 Å². The Kier molecular flexibility index (Phi) is 4.82. The van der Waals surface area contributed by atoms with Gasteiger partial charge in [-0.3, -0.25) is 4.98 Å². The molecule has 1 aliphatic rings. The fraction of sp³-hybridized carbons (Fsp3) is 0.294. The van der Waals surface area contributed by atoms with Crippen molar-refractivity contribution in [2.45, 2.75) is 6.04 Å². The predicted octanol–water partition coefficient (Wildman–Crippen LogP) is 3.45. The maximum absolute atomic E-state index is 14.1. The molecule has 1 saturated heterocycles. The number of ether oxygens (including phenoxy) is 1. The first-order chi connectivity index (χ1) is 12.2. The monoisotopic (exact) mass is 422 g/mol. The molecule has 1 unspecified atom stereocenters. The third kappa shape index (κ3) is 3.61. The number of piperazine rings is 1. The summed E-state index contributed by atoms with van der Waals surface area (Å²) in [4.78, 5) is 10.8. The Morgan fingerprint density at radius 1 is 1.44 bits per heavy atom. The van der Waals surface area contributed by atoms with E-state index in [4.69, 9.17) is 4.74 Å². The number of hydrogen-bond acceptors (Lipinski definition) is 6. The SMILES string of the molecule is Fc1cc(Br)cc2sc(N3CCNCC3COc3cccnc3)nc12. The number of rotatable bonds is 4. The summed E-state index contributed by atoms with van der Waals surface area (Å²) in [5, 5.41) is 4.21. The van der Waals surface area contributed by atoms with E-state index in [0.29, 0.717) is 12.1 Å². The van der Waals surface area contributed by atoms with Gasteiger partial charge in [0.15, 0.2) is 10.9 Å². The lowest BCUT2D eigenvalue weighted by atomic mass is 10.2. The molecule has 1 aliphatic heterocycles. The number of nitrogens with one attached hydrogen (secondary N) is 1. The summed E-state index contributed by atoms with van der Waals surface area (Å²) in [6, 6.07) is 7.22. The molecule has 8 heteroatoms. The van der Waals surface area contributed by atoms with Gasteiger partial charge in [-0.15, -0.1) is 0 Å². The van der Waals surface area contributed by atoms with Crippen LogP contribution in [0.3, 0.4) is 0 Å². The number of anilines is 1. The van der Waals surface area contributed by atoms with Gasteiger partial charge < -0.3 is 15.0 Å². The third-order valence-corrected chi connectivity index (χ3v) is 5.57. The van der Waals surface area contributed by atoms with Gasteiger partial charge in [-0.05, 0) is 24.3 Å². The van der Waals surface area contributed by atoms with Crippen LogP contribution in [-0.2, 0) is 0 Å². The van der Waals surface area contributed by atoms with E-state index in [1.165, 1.54) is 17.4 Å². The van der Waals surface area contributed by atoms with Crippen molar-refractivity contribution in [1.82, 2.24) is 15.3 Å². The van der Waals surface area contributed by atoms with Crippen molar-refractivity contribution in [2.24, 2.45) is 0 Å². The van der Waals surface area contributed by atoms with Crippen LogP contribution < -0.4 is 15.0 Å². The third-order valence-electron chi connectivity index (χ3n) is 4.07. The van der Waals surface area contributed by atoms with Crippen LogP contribution in [0.1, 0.15) is 0 Å². The molecule has 4 rings (SSSR count). The molecule has 0 saturated carbocycles. The average molecular weight is 423 g/mol. The molecule has 0 radical (unpaired) electrons. The lowest BCUT2D eigenvalue weighted by Gasteiger charge is -2.35. The van der Waals surface area contributed by atoms with E-state index >= 15 is 0 Å². The van der Waals surface area contributed by atoms with Crippen molar-refractivity contribution in [3.63, 3.8) is 0 Å². The molecule has 0 spiro atoms. The zero-order valence-electron chi connectivity index (χ0n) is 13.3. The summed E-state index contributed by atoms with van der Waals surface area (Å²) in [5.41, 5.74) is 0.425. The van der Waals surface area contributed by atoms with Crippen molar-refractivity contribution in [2.75, 3.05) is 31.1 Å². The van der Waals surface area contributed by atoms with Gasteiger partial charge in [0, 0.05) is 30.3 Å². The smallest absolute Gasteiger partial charge is 0.187 e. The number of benzene rings is 1. The Bertz CT molecular complexity index is 876. The highest BCUT2D eigenvalue weighted by Gasteiger charge is 2.26. The Labute approximate surface area is 157 Å². The van der Waals surface area contributed by atoms with Gasteiger partial charge in [0.05, 0.1) is 16.9 Å². The molecule has 1 atom stereocenters. The van der Waals surface area contributed by atoms with Crippen LogP contribution in [-0.4, -0.2) is 42.3 Å². The molecular weight excluding hydrogens is 407 g/mol. The molecule has 5 nitrogen and oxygen atoms in total. The van der Waals surface area contributed by atoms with Crippen LogP contribution in [0.4, 0.5) is 9.52 Å². The van der Waals surface area contributed by atoms with Gasteiger partial charge in [0.1, 0.15) is 17.9 Å². The number of fused-ring (bicyclic) bond motifs is 1. The molecule has 3 heterocycles. The lowest BCUT2D eigenvalue weighted by Crippen LogP contribution is -2.54. The lowest BCUT2D eigenvalue weighted by molar-refractivity contribution is 0.266. The van der Waals surface area contributed by atoms with Crippen molar-refractivity contribution >= 4 is 42.6 Å². The summed E-state index contributed by atoms with van der Waals surface area (Å²) >= 11 is 4.85. The van der Waals surface area contributed by atoms with Gasteiger partial charge in [0.2, 0.25) is 0 Å². The highest BCUT2D eigenvalue weighted by Crippen LogP contribution is 2.33. The first-order valence-corrected chi connectivity index (χ1v) is 9.57. The minimum absolute atomic E-state index is 0.126. The zero-order valence-corrected chi connectivity index (χ0v) is 15.7. The van der Waals surface area contributed by atoms with Gasteiger partial charge in [0.25, 0.3) is 0 Å². The average Bonchev–Trinajstić information content (AvgIpc) is 3.05. The van der Waals surface area contributed by atoms with Crippen LogP contribution in [0.5, 0.6) is 5.75 Å². The van der Waals surface area contributed by atoms with Crippen LogP contribution in [0.25, 0.3) is 10.2 Å². The fourth-order valence-electron chi connectivity index (χ4n) is 2.85. The predicted molar refractivity (Wildman–Crippen MR) is 101 cm³/mol. The van der Waals surface area contributed by atoms with E-state index in [-0.39, 0.29) is 11.9 Å². The van der Waals surface area contributed by atoms with E-state index < -0.39 is 0 Å². The Hall–Kier alpha value is -1.77. The van der Waals surface area contributed by atoms with Crippen molar-refractivity contribution in [1.29, 1.82) is 0 Å². The second-order valence-electron chi connectivity index (χ2n) is 5.78. The van der Waals surface area contributed by atoms with Crippen LogP contribution in [0.2, 0.25) is 0 Å². The molecule has 0 bridgehead atoms. The first kappa shape index (κ1) is 16.7. The number of nitrogens with zero attached hydrogens (tertiary/aromatic N) is 3. The quantitative estimate of drug-likeness (QED) is 0.697. The summed E-state index contributed by atoms with van der Waals surface area (Å²) < 4.78 is 21.6. The maximum atomic E-state index is 14.1. The molecule has 1 N–H and O–H groups in total. The fourth-order valence-corrected chi connectivity index (χ4v) is 4.55. The number of pyridine rings is 1. The van der Waals surface area contributed by atoms with Gasteiger partial charge >= 0.3 is 0 Å². The number of hydrogen-bond donors (Lipinski definition) is 1. The molecule has 0 aliphatic carbocycles. The normalized spacial score (nSPS) is 17.8. The van der Waals surface area contributed by atoms with Crippen LogP contribution in [0, 0.1) is 5.82 Å². The molecule has 1 fully saturated rings. The van der Waals surface area contributed by atoms with Gasteiger partial charge in [-0.25, -0.2) is 9.37 Å². The topological polar surface area (TPSA) is 50.3 Å². The van der Waals surface area contributed by atoms with Gasteiger partial charge in [-0.2, -0.15) is 0 Å². The Morgan fingerprint density at radius 2 is 2.36 bits per heavy atom. The highest BCUT2D eigenvalue weighted by atomic mass is 79.9. The standard InChI is InChI=1S/C17H16BrFN4OS/c18-11-6-14(19)16-15(7-11)25-17(22-16)23-5-4-21-8-12(23)10-24-13-2-1-3-20-9-13/h1-3,6-7,9,12,21H,4-5,8,10H2. The van der Waals surface area contributed by atoms with Crippen LogP contribution >= 0.6 is 27.3 Å². The van der Waals surface area contributed by atoms with Crippen molar-refractivity contribution in [3.05, 3.63) is 46.9 Å². The molecular formula is C17H16BrFN4OS. The summed E-state index contributed by atoms with van der Waals surface area (Å²) in [7, 11) is 0. The van der Waals surface area contributed by atoms with E-state index in [9.17, 15) is 4.39 Å². The number of halogens is 2. The molecule has 0 amide bonds. The summed E-state index contributed by atoms with van der Waals surface area (Å²) in [5.74, 6) is 0.442. The molecule has 25 heavy (non-hydrogen) atoms. The Balaban J connectivity index is 1.57. The largest absolute Gasteiger partial charge is 0.490 e. The van der Waals surface area contributed by atoms with Gasteiger partial charge in [-0.1, -0.05) is 27.3 Å². The van der Waals surface area contributed by atoms with E-state index in [0.717, 1.165) is 39.7 Å². The van der Waals surface area contributed by atoms with E-state index in [2.05, 4.69) is 36.1 Å². The number of aromatic nitrogens is 2. The minimum Gasteiger partial charge on any atom is -0.490 e. The second-order valence-corrected chi connectivity index (χ2v) is 7.71. The molecule has 130 valence electrons. The summed E-state index contributed by atoms with van der Waals surface area (Å²) in [6.45, 7) is 2.98. The van der Waals surface area contributed by atoms with Crippen LogP contribution in [0.15, 0.2) is 41.1 Å².